The Kier molecular flexibility index (Phi) is 10.2. The van der Waals surface area contributed by atoms with E-state index in [0.29, 0.717) is 16.8 Å². The molecule has 6 N–H and O–H groups in total. The summed E-state index contributed by atoms with van der Waals surface area (Å²) in [5, 5.41) is 28.5. The number of hydrogen-bond donors (Lipinski definition) is 5. The lowest BCUT2D eigenvalue weighted by molar-refractivity contribution is -0.144. The van der Waals surface area contributed by atoms with Gasteiger partial charge < -0.3 is 30.9 Å². The fraction of sp³-hybridized carbons (Fsp3) is 0.179. The average Bonchev–Trinajstić information content (AvgIpc) is 2.90. The number of benzene rings is 3. The summed E-state index contributed by atoms with van der Waals surface area (Å²) in [5.41, 5.74) is 7.48. The molecule has 0 heterocycles. The van der Waals surface area contributed by atoms with Crippen LogP contribution in [0.2, 0.25) is 5.02 Å². The van der Waals surface area contributed by atoms with E-state index in [2.05, 4.69) is 5.32 Å². The standard InChI is InChI=1S/C28H27ClN4O7/c29-23-15-22(40-27(39)19-4-8-21(9-5-19)32-28(30)31)10-6-18(23)7-11-24(34)33(16-25(35)36)13-12-17-2-1-3-20(14-17)26(37)38/h1-6,8-10,14-15H,7,11-13,16H2,(H,35,36)(H,37,38)(H4,30,31,32). The zero-order chi connectivity index (χ0) is 29.2. The molecule has 1 amide bonds. The van der Waals surface area contributed by atoms with Crippen LogP contribution in [0.25, 0.3) is 0 Å². The van der Waals surface area contributed by atoms with Gasteiger partial charge in [-0.2, -0.15) is 0 Å². The Labute approximate surface area is 234 Å². The maximum atomic E-state index is 12.8. The Balaban J connectivity index is 1.58. The molecule has 3 aromatic carbocycles. The molecule has 0 saturated heterocycles. The van der Waals surface area contributed by atoms with Crippen molar-refractivity contribution < 1.29 is 34.1 Å². The van der Waals surface area contributed by atoms with Crippen LogP contribution in [0.5, 0.6) is 5.75 Å². The monoisotopic (exact) mass is 566 g/mol. The van der Waals surface area contributed by atoms with Crippen molar-refractivity contribution in [2.75, 3.05) is 18.4 Å². The molecule has 3 aromatic rings. The van der Waals surface area contributed by atoms with Crippen LogP contribution < -0.4 is 15.8 Å². The van der Waals surface area contributed by atoms with Gasteiger partial charge in [0.15, 0.2) is 5.96 Å². The van der Waals surface area contributed by atoms with Crippen molar-refractivity contribution >= 4 is 47.1 Å². The zero-order valence-electron chi connectivity index (χ0n) is 21.2. The van der Waals surface area contributed by atoms with E-state index in [1.807, 2.05) is 0 Å². The number of aliphatic carboxylic acids is 1. The average molecular weight is 567 g/mol. The lowest BCUT2D eigenvalue weighted by Gasteiger charge is -2.21. The third kappa shape index (κ3) is 8.84. The molecule has 12 heteroatoms. The van der Waals surface area contributed by atoms with Gasteiger partial charge in [-0.1, -0.05) is 29.8 Å². The number of carboxylic acid groups (broad SMARTS) is 2. The summed E-state index contributed by atoms with van der Waals surface area (Å²) in [7, 11) is 0. The SMILES string of the molecule is N=C(N)Nc1ccc(C(=O)Oc2ccc(CCC(=O)N(CCc3cccc(C(=O)O)c3)CC(=O)O)c(Cl)c2)cc1. The number of guanidine groups is 1. The first-order chi connectivity index (χ1) is 19.0. The van der Waals surface area contributed by atoms with E-state index in [-0.39, 0.29) is 53.7 Å². The molecule has 0 bridgehead atoms. The van der Waals surface area contributed by atoms with Crippen molar-refractivity contribution in [2.45, 2.75) is 19.3 Å². The zero-order valence-corrected chi connectivity index (χ0v) is 22.0. The molecule has 0 fully saturated rings. The second kappa shape index (κ2) is 13.8. The molecule has 11 nitrogen and oxygen atoms in total. The number of ether oxygens (including phenoxy) is 1. The number of esters is 1. The van der Waals surface area contributed by atoms with E-state index < -0.39 is 30.4 Å². The van der Waals surface area contributed by atoms with Crippen molar-refractivity contribution in [3.63, 3.8) is 0 Å². The lowest BCUT2D eigenvalue weighted by atomic mass is 10.1. The van der Waals surface area contributed by atoms with Gasteiger partial charge in [-0.05, 0) is 72.5 Å². The third-order valence-corrected chi connectivity index (χ3v) is 6.12. The Morgan fingerprint density at radius 1 is 0.950 bits per heavy atom. The molecule has 0 saturated carbocycles. The van der Waals surface area contributed by atoms with E-state index in [1.165, 1.54) is 35.2 Å². The second-order valence-electron chi connectivity index (χ2n) is 8.72. The number of rotatable bonds is 12. The second-order valence-corrected chi connectivity index (χ2v) is 9.13. The summed E-state index contributed by atoms with van der Waals surface area (Å²) in [6, 6.07) is 17.0. The molecular formula is C28H27ClN4O7. The molecule has 3 rings (SSSR count). The number of amides is 1. The Morgan fingerprint density at radius 3 is 2.30 bits per heavy atom. The van der Waals surface area contributed by atoms with Gasteiger partial charge in [-0.15, -0.1) is 0 Å². The first-order valence-electron chi connectivity index (χ1n) is 12.1. The van der Waals surface area contributed by atoms with Gasteiger partial charge in [0.25, 0.3) is 0 Å². The van der Waals surface area contributed by atoms with E-state index in [9.17, 15) is 24.3 Å². The number of nitrogens with zero attached hydrogens (tertiary/aromatic N) is 1. The molecule has 0 atom stereocenters. The van der Waals surface area contributed by atoms with E-state index in [0.717, 1.165) is 0 Å². The van der Waals surface area contributed by atoms with Gasteiger partial charge in [-0.25, -0.2) is 9.59 Å². The van der Waals surface area contributed by atoms with E-state index in [1.54, 1.807) is 36.4 Å². The molecule has 0 spiro atoms. The van der Waals surface area contributed by atoms with Crippen LogP contribution in [0.4, 0.5) is 5.69 Å². The third-order valence-electron chi connectivity index (χ3n) is 5.77. The number of nitrogens with two attached hydrogens (primary N) is 1. The molecule has 0 aliphatic heterocycles. The van der Waals surface area contributed by atoms with Gasteiger partial charge in [0.2, 0.25) is 5.91 Å². The maximum absolute atomic E-state index is 12.8. The van der Waals surface area contributed by atoms with Crippen LogP contribution in [0, 0.1) is 5.41 Å². The number of carbonyl (C=O) groups is 4. The molecular weight excluding hydrogens is 540 g/mol. The summed E-state index contributed by atoms with van der Waals surface area (Å²) >= 11 is 6.36. The highest BCUT2D eigenvalue weighted by Gasteiger charge is 2.18. The van der Waals surface area contributed by atoms with Crippen molar-refractivity contribution in [1.29, 1.82) is 5.41 Å². The minimum absolute atomic E-state index is 0.0120. The number of hydrogen-bond acceptors (Lipinski definition) is 6. The van der Waals surface area contributed by atoms with Crippen molar-refractivity contribution in [3.05, 3.63) is 94.0 Å². The maximum Gasteiger partial charge on any atom is 0.343 e. The number of carboxylic acids is 2. The minimum Gasteiger partial charge on any atom is -0.480 e. The summed E-state index contributed by atoms with van der Waals surface area (Å²) in [5.74, 6) is -3.29. The van der Waals surface area contributed by atoms with Crippen LogP contribution >= 0.6 is 11.6 Å². The quantitative estimate of drug-likeness (QED) is 0.0944. The largest absolute Gasteiger partial charge is 0.480 e. The predicted octanol–water partition coefficient (Wildman–Crippen LogP) is 3.65. The normalized spacial score (nSPS) is 10.4. The highest BCUT2D eigenvalue weighted by Crippen LogP contribution is 2.25. The van der Waals surface area contributed by atoms with Gasteiger partial charge >= 0.3 is 17.9 Å². The van der Waals surface area contributed by atoms with Gasteiger partial charge in [0.1, 0.15) is 12.3 Å². The first-order valence-corrected chi connectivity index (χ1v) is 12.4. The van der Waals surface area contributed by atoms with Gasteiger partial charge in [0, 0.05) is 23.7 Å². The fourth-order valence-corrected chi connectivity index (χ4v) is 4.05. The van der Waals surface area contributed by atoms with Crippen molar-refractivity contribution in [2.24, 2.45) is 5.73 Å². The highest BCUT2D eigenvalue weighted by molar-refractivity contribution is 6.31. The number of aryl methyl sites for hydroxylation is 1. The summed E-state index contributed by atoms with van der Waals surface area (Å²) in [6.07, 6.45) is 0.500. The van der Waals surface area contributed by atoms with Gasteiger partial charge in [0.05, 0.1) is 11.1 Å². The molecule has 40 heavy (non-hydrogen) atoms. The Hall–Kier alpha value is -4.90. The number of halogens is 1. The summed E-state index contributed by atoms with van der Waals surface area (Å²) in [6.45, 7) is -0.394. The lowest BCUT2D eigenvalue weighted by Crippen LogP contribution is -2.37. The fourth-order valence-electron chi connectivity index (χ4n) is 3.78. The summed E-state index contributed by atoms with van der Waals surface area (Å²) in [4.78, 5) is 49.0. The minimum atomic E-state index is -1.17. The van der Waals surface area contributed by atoms with Crippen LogP contribution in [0.1, 0.15) is 38.3 Å². The molecule has 0 aromatic heterocycles. The Bertz CT molecular complexity index is 1430. The summed E-state index contributed by atoms with van der Waals surface area (Å²) < 4.78 is 5.37. The van der Waals surface area contributed by atoms with Crippen molar-refractivity contribution in [1.82, 2.24) is 4.90 Å². The molecule has 0 aliphatic carbocycles. The molecule has 0 radical (unpaired) electrons. The molecule has 0 aliphatic rings. The Morgan fingerprint density at radius 2 is 1.68 bits per heavy atom. The highest BCUT2D eigenvalue weighted by atomic mass is 35.5. The van der Waals surface area contributed by atoms with Gasteiger partial charge in [-0.3, -0.25) is 15.0 Å². The topological polar surface area (TPSA) is 183 Å². The number of nitrogens with one attached hydrogen (secondary N) is 2. The number of carbonyl (C=O) groups excluding carboxylic acids is 2. The van der Waals surface area contributed by atoms with E-state index in [4.69, 9.17) is 32.6 Å². The van der Waals surface area contributed by atoms with Crippen LogP contribution in [0.3, 0.4) is 0 Å². The van der Waals surface area contributed by atoms with Crippen molar-refractivity contribution in [3.8, 4) is 5.75 Å². The molecule has 0 unspecified atom stereocenters. The smallest absolute Gasteiger partial charge is 0.343 e. The predicted molar refractivity (Wildman–Crippen MR) is 148 cm³/mol. The van der Waals surface area contributed by atoms with Crippen LogP contribution in [-0.4, -0.2) is 58.0 Å². The van der Waals surface area contributed by atoms with E-state index >= 15 is 0 Å². The van der Waals surface area contributed by atoms with Crippen LogP contribution in [-0.2, 0) is 22.4 Å². The first kappa shape index (κ1) is 29.7. The number of aromatic carboxylic acids is 1. The molecule has 208 valence electrons. The van der Waals surface area contributed by atoms with Crippen LogP contribution in [0.15, 0.2) is 66.7 Å². The number of anilines is 1.